The zero-order valence-electron chi connectivity index (χ0n) is 10.5. The predicted molar refractivity (Wildman–Crippen MR) is 66.0 cm³/mol. The molecule has 0 unspecified atom stereocenters. The Morgan fingerprint density at radius 3 is 1.83 bits per heavy atom. The fourth-order valence-corrected chi connectivity index (χ4v) is 1.89. The molecule has 0 saturated heterocycles. The van der Waals surface area contributed by atoms with E-state index in [4.69, 9.17) is 0 Å². The molecule has 2 rings (SSSR count). The lowest BCUT2D eigenvalue weighted by Crippen LogP contribution is -2.36. The van der Waals surface area contributed by atoms with E-state index in [1.165, 1.54) is 0 Å². The molecule has 1 aromatic rings. The van der Waals surface area contributed by atoms with Crippen molar-refractivity contribution in [2.24, 2.45) is 0 Å². The summed E-state index contributed by atoms with van der Waals surface area (Å²) in [5, 5.41) is 0. The molecule has 0 saturated carbocycles. The Morgan fingerprint density at radius 1 is 0.944 bits per heavy atom. The first kappa shape index (κ1) is 12.2. The van der Waals surface area contributed by atoms with E-state index in [0.29, 0.717) is 10.5 Å². The van der Waals surface area contributed by atoms with Crippen LogP contribution in [0.5, 0.6) is 0 Å². The molecular formula is C14H13NO3. The number of aryl methyl sites for hydroxylation is 2. The highest BCUT2D eigenvalue weighted by Gasteiger charge is 2.31. The van der Waals surface area contributed by atoms with Gasteiger partial charge in [0.2, 0.25) is 0 Å². The average molecular weight is 243 g/mol. The second-order valence-electron chi connectivity index (χ2n) is 4.39. The highest BCUT2D eigenvalue weighted by molar-refractivity contribution is 6.25. The van der Waals surface area contributed by atoms with Crippen molar-refractivity contribution in [3.8, 4) is 0 Å². The van der Waals surface area contributed by atoms with Gasteiger partial charge in [0.05, 0.1) is 0 Å². The molecule has 1 heterocycles. The molecule has 1 aliphatic heterocycles. The second kappa shape index (κ2) is 4.22. The maximum Gasteiger partial charge on any atom is 0.267 e. The quantitative estimate of drug-likeness (QED) is 0.705. The van der Waals surface area contributed by atoms with Crippen molar-refractivity contribution in [3.63, 3.8) is 0 Å². The van der Waals surface area contributed by atoms with Crippen LogP contribution in [0.15, 0.2) is 24.3 Å². The molecule has 1 aromatic carbocycles. The van der Waals surface area contributed by atoms with Crippen LogP contribution < -0.4 is 0 Å². The summed E-state index contributed by atoms with van der Waals surface area (Å²) in [5.41, 5.74) is 3.39. The average Bonchev–Trinajstić information content (AvgIpc) is 2.64. The van der Waals surface area contributed by atoms with Crippen LogP contribution in [-0.4, -0.2) is 22.6 Å². The topological polar surface area (TPSA) is 54.5 Å². The number of carbonyl (C=O) groups is 3. The van der Waals surface area contributed by atoms with E-state index in [1.807, 2.05) is 20.8 Å². The van der Waals surface area contributed by atoms with Gasteiger partial charge in [0.15, 0.2) is 0 Å². The molecule has 0 bridgehead atoms. The number of hydrogen-bond donors (Lipinski definition) is 0. The maximum atomic E-state index is 12.1. The molecule has 4 nitrogen and oxygen atoms in total. The van der Waals surface area contributed by atoms with Gasteiger partial charge in [0.1, 0.15) is 0 Å². The number of rotatable bonds is 1. The largest absolute Gasteiger partial charge is 0.269 e. The summed E-state index contributed by atoms with van der Waals surface area (Å²) in [6.07, 6.45) is 2.21. The summed E-state index contributed by atoms with van der Waals surface area (Å²) in [5.74, 6) is -1.73. The first-order valence-electron chi connectivity index (χ1n) is 5.60. The lowest BCUT2D eigenvalue weighted by Gasteiger charge is -2.14. The van der Waals surface area contributed by atoms with E-state index in [-0.39, 0.29) is 0 Å². The minimum absolute atomic E-state index is 0.362. The molecule has 0 atom stereocenters. The van der Waals surface area contributed by atoms with Gasteiger partial charge in [0, 0.05) is 17.7 Å². The van der Waals surface area contributed by atoms with Crippen LogP contribution in [0.3, 0.4) is 0 Å². The van der Waals surface area contributed by atoms with E-state index in [0.717, 1.165) is 28.8 Å². The van der Waals surface area contributed by atoms with Crippen LogP contribution in [-0.2, 0) is 9.59 Å². The zero-order chi connectivity index (χ0) is 13.4. The molecule has 0 spiro atoms. The van der Waals surface area contributed by atoms with Gasteiger partial charge in [-0.1, -0.05) is 0 Å². The Kier molecular flexibility index (Phi) is 2.87. The van der Waals surface area contributed by atoms with E-state index in [2.05, 4.69) is 0 Å². The first-order chi connectivity index (χ1) is 8.41. The Morgan fingerprint density at radius 2 is 1.39 bits per heavy atom. The smallest absolute Gasteiger partial charge is 0.267 e. The van der Waals surface area contributed by atoms with Gasteiger partial charge in [-0.2, -0.15) is 0 Å². The Bertz CT molecular complexity index is 558. The van der Waals surface area contributed by atoms with Crippen molar-refractivity contribution in [2.45, 2.75) is 20.8 Å². The van der Waals surface area contributed by atoms with E-state index in [9.17, 15) is 14.4 Å². The molecule has 18 heavy (non-hydrogen) atoms. The zero-order valence-corrected chi connectivity index (χ0v) is 10.5. The van der Waals surface area contributed by atoms with Gasteiger partial charge in [-0.25, -0.2) is 4.90 Å². The molecule has 1 aliphatic rings. The highest BCUT2D eigenvalue weighted by Crippen LogP contribution is 2.18. The Balaban J connectivity index is 2.41. The van der Waals surface area contributed by atoms with Crippen LogP contribution in [0, 0.1) is 20.8 Å². The van der Waals surface area contributed by atoms with E-state index < -0.39 is 17.7 Å². The first-order valence-corrected chi connectivity index (χ1v) is 5.60. The van der Waals surface area contributed by atoms with Gasteiger partial charge in [-0.05, 0) is 49.6 Å². The molecule has 0 radical (unpaired) electrons. The lowest BCUT2D eigenvalue weighted by atomic mass is 10.00. The van der Waals surface area contributed by atoms with Crippen molar-refractivity contribution in [1.29, 1.82) is 0 Å². The van der Waals surface area contributed by atoms with Gasteiger partial charge < -0.3 is 0 Å². The van der Waals surface area contributed by atoms with E-state index in [1.54, 1.807) is 12.1 Å². The third-order valence-corrected chi connectivity index (χ3v) is 3.19. The maximum absolute atomic E-state index is 12.1. The number of hydrogen-bond acceptors (Lipinski definition) is 3. The summed E-state index contributed by atoms with van der Waals surface area (Å²) in [4.78, 5) is 35.7. The number of nitrogens with zero attached hydrogens (tertiary/aromatic N) is 1. The van der Waals surface area contributed by atoms with Crippen LogP contribution in [0.2, 0.25) is 0 Å². The standard InChI is InChI=1S/C14H13NO3/c1-8-6-11(7-9(2)10(8)3)14(18)15-12(16)4-5-13(15)17/h4-7H,1-3H3. The number of benzene rings is 1. The summed E-state index contributed by atoms with van der Waals surface area (Å²) in [6, 6.07) is 3.40. The number of carbonyl (C=O) groups excluding carboxylic acids is 3. The van der Waals surface area contributed by atoms with Gasteiger partial charge in [-0.15, -0.1) is 0 Å². The summed E-state index contributed by atoms with van der Waals surface area (Å²) in [6.45, 7) is 5.75. The van der Waals surface area contributed by atoms with Crippen molar-refractivity contribution in [2.75, 3.05) is 0 Å². The molecule has 3 amide bonds. The molecular weight excluding hydrogens is 230 g/mol. The fraction of sp³-hybridized carbons (Fsp3) is 0.214. The van der Waals surface area contributed by atoms with Gasteiger partial charge in [-0.3, -0.25) is 14.4 Å². The molecule has 0 aliphatic carbocycles. The van der Waals surface area contributed by atoms with Crippen LogP contribution in [0.1, 0.15) is 27.0 Å². The number of amides is 3. The minimum atomic E-state index is -0.583. The van der Waals surface area contributed by atoms with Gasteiger partial charge >= 0.3 is 0 Å². The van der Waals surface area contributed by atoms with E-state index >= 15 is 0 Å². The van der Waals surface area contributed by atoms with Crippen LogP contribution >= 0.6 is 0 Å². The second-order valence-corrected chi connectivity index (χ2v) is 4.39. The Labute approximate surface area is 105 Å². The van der Waals surface area contributed by atoms with Crippen molar-refractivity contribution in [1.82, 2.24) is 4.90 Å². The molecule has 4 heteroatoms. The molecule has 92 valence electrons. The summed E-state index contributed by atoms with van der Waals surface area (Å²) in [7, 11) is 0. The number of imide groups is 3. The minimum Gasteiger partial charge on any atom is -0.269 e. The predicted octanol–water partition coefficient (Wildman–Crippen LogP) is 1.68. The van der Waals surface area contributed by atoms with Crippen molar-refractivity contribution in [3.05, 3.63) is 46.5 Å². The monoisotopic (exact) mass is 243 g/mol. The molecule has 0 fully saturated rings. The molecule has 0 aromatic heterocycles. The summed E-state index contributed by atoms with van der Waals surface area (Å²) >= 11 is 0. The fourth-order valence-electron chi connectivity index (χ4n) is 1.89. The third-order valence-electron chi connectivity index (χ3n) is 3.19. The van der Waals surface area contributed by atoms with Crippen LogP contribution in [0.4, 0.5) is 0 Å². The summed E-state index contributed by atoms with van der Waals surface area (Å²) < 4.78 is 0. The normalized spacial score (nSPS) is 14.5. The van der Waals surface area contributed by atoms with Gasteiger partial charge in [0.25, 0.3) is 17.7 Å². The van der Waals surface area contributed by atoms with Crippen molar-refractivity contribution >= 4 is 17.7 Å². The molecule has 0 N–H and O–H groups in total. The SMILES string of the molecule is Cc1cc(C(=O)N2C(=O)C=CC2=O)cc(C)c1C. The van der Waals surface area contributed by atoms with Crippen molar-refractivity contribution < 1.29 is 14.4 Å². The Hall–Kier alpha value is -2.23. The third kappa shape index (κ3) is 1.86. The van der Waals surface area contributed by atoms with Crippen LogP contribution in [0.25, 0.3) is 0 Å². The highest BCUT2D eigenvalue weighted by atomic mass is 16.2. The lowest BCUT2D eigenvalue weighted by molar-refractivity contribution is -0.133.